The van der Waals surface area contributed by atoms with Gasteiger partial charge in [0, 0.05) is 36.7 Å². The van der Waals surface area contributed by atoms with Crippen LogP contribution in [0.5, 0.6) is 0 Å². The second-order valence-corrected chi connectivity index (χ2v) is 4.04. The fourth-order valence-electron chi connectivity index (χ4n) is 2.38. The Bertz CT molecular complexity index is 501. The summed E-state index contributed by atoms with van der Waals surface area (Å²) in [4.78, 5) is 4.05. The van der Waals surface area contributed by atoms with Crippen LogP contribution in [0.3, 0.4) is 0 Å². The number of nitrogens with zero attached hydrogens (tertiary/aromatic N) is 3. The maximum atomic E-state index is 5.76. The van der Waals surface area contributed by atoms with Crippen molar-refractivity contribution >= 4 is 0 Å². The molecule has 1 aliphatic rings. The van der Waals surface area contributed by atoms with E-state index in [1.54, 1.807) is 0 Å². The highest BCUT2D eigenvalue weighted by Gasteiger charge is 2.21. The van der Waals surface area contributed by atoms with Crippen molar-refractivity contribution in [3.63, 3.8) is 0 Å². The fraction of sp³-hybridized carbons (Fsp3) is 0.333. The first-order chi connectivity index (χ1) is 7.90. The lowest BCUT2D eigenvalue weighted by Gasteiger charge is -2.02. The van der Waals surface area contributed by atoms with E-state index in [0.717, 1.165) is 18.7 Å². The van der Waals surface area contributed by atoms with E-state index in [1.807, 2.05) is 24.5 Å². The third kappa shape index (κ3) is 1.34. The van der Waals surface area contributed by atoms with Crippen molar-refractivity contribution in [1.82, 2.24) is 14.8 Å². The van der Waals surface area contributed by atoms with E-state index in [9.17, 15) is 0 Å². The Labute approximate surface area is 94.1 Å². The Hall–Kier alpha value is -1.68. The summed E-state index contributed by atoms with van der Waals surface area (Å²) in [6.07, 6.45) is 5.92. The molecule has 16 heavy (non-hydrogen) atoms. The minimum absolute atomic E-state index is 0.498. The van der Waals surface area contributed by atoms with E-state index >= 15 is 0 Å². The summed E-state index contributed by atoms with van der Waals surface area (Å²) in [5.74, 6) is 0. The normalized spacial score (nSPS) is 14.1. The zero-order valence-electron chi connectivity index (χ0n) is 9.06. The molecule has 0 aliphatic carbocycles. The molecule has 0 atom stereocenters. The van der Waals surface area contributed by atoms with Crippen molar-refractivity contribution in [2.24, 2.45) is 5.73 Å². The maximum Gasteiger partial charge on any atom is 0.0841 e. The van der Waals surface area contributed by atoms with E-state index in [4.69, 9.17) is 5.73 Å². The highest BCUT2D eigenvalue weighted by Crippen LogP contribution is 2.31. The second-order valence-electron chi connectivity index (χ2n) is 4.04. The topological polar surface area (TPSA) is 56.7 Å². The fourth-order valence-corrected chi connectivity index (χ4v) is 2.38. The first kappa shape index (κ1) is 9.54. The molecule has 0 bridgehead atoms. The third-order valence-electron chi connectivity index (χ3n) is 3.08. The van der Waals surface area contributed by atoms with Crippen LogP contribution in [0.4, 0.5) is 0 Å². The molecule has 2 aromatic rings. The van der Waals surface area contributed by atoms with Gasteiger partial charge >= 0.3 is 0 Å². The van der Waals surface area contributed by atoms with Gasteiger partial charge in [0.25, 0.3) is 0 Å². The molecule has 2 N–H and O–H groups in total. The predicted octanol–water partition coefficient (Wildman–Crippen LogP) is 1.35. The lowest BCUT2D eigenvalue weighted by atomic mass is 10.0. The van der Waals surface area contributed by atoms with Crippen LogP contribution < -0.4 is 5.73 Å². The molecule has 4 nitrogen and oxygen atoms in total. The minimum Gasteiger partial charge on any atom is -0.325 e. The van der Waals surface area contributed by atoms with E-state index in [2.05, 4.69) is 14.8 Å². The lowest BCUT2D eigenvalue weighted by molar-refractivity contribution is 0.644. The summed E-state index contributed by atoms with van der Waals surface area (Å²) < 4.78 is 2.10. The Morgan fingerprint density at radius 1 is 1.31 bits per heavy atom. The van der Waals surface area contributed by atoms with Crippen molar-refractivity contribution in [3.05, 3.63) is 35.9 Å². The van der Waals surface area contributed by atoms with E-state index in [1.165, 1.54) is 23.2 Å². The van der Waals surface area contributed by atoms with Gasteiger partial charge in [-0.25, -0.2) is 0 Å². The van der Waals surface area contributed by atoms with Crippen LogP contribution in [0.25, 0.3) is 11.1 Å². The molecule has 0 unspecified atom stereocenters. The largest absolute Gasteiger partial charge is 0.325 e. The Kier molecular flexibility index (Phi) is 2.22. The van der Waals surface area contributed by atoms with Crippen LogP contribution in [0.1, 0.15) is 17.8 Å². The number of rotatable bonds is 2. The van der Waals surface area contributed by atoms with Gasteiger partial charge in [-0.15, -0.1) is 0 Å². The smallest absolute Gasteiger partial charge is 0.0841 e. The van der Waals surface area contributed by atoms with Gasteiger partial charge in [-0.05, 0) is 30.5 Å². The summed E-state index contributed by atoms with van der Waals surface area (Å²) in [5.41, 5.74) is 10.5. The van der Waals surface area contributed by atoms with Gasteiger partial charge in [0.1, 0.15) is 0 Å². The van der Waals surface area contributed by atoms with Crippen molar-refractivity contribution in [2.45, 2.75) is 25.9 Å². The zero-order chi connectivity index (χ0) is 11.0. The first-order valence-electron chi connectivity index (χ1n) is 5.59. The molecule has 1 aliphatic heterocycles. The van der Waals surface area contributed by atoms with Crippen LogP contribution in [-0.2, 0) is 19.5 Å². The molecule has 3 rings (SSSR count). The summed E-state index contributed by atoms with van der Waals surface area (Å²) >= 11 is 0. The van der Waals surface area contributed by atoms with Crippen LogP contribution >= 0.6 is 0 Å². The van der Waals surface area contributed by atoms with Gasteiger partial charge in [-0.2, -0.15) is 5.10 Å². The van der Waals surface area contributed by atoms with E-state index < -0.39 is 0 Å². The molecule has 2 aromatic heterocycles. The number of nitrogens with two attached hydrogens (primary N) is 1. The van der Waals surface area contributed by atoms with Crippen molar-refractivity contribution < 1.29 is 0 Å². The SMILES string of the molecule is NCc1nn2c(c1-c1ccncc1)CCC2. The number of aromatic nitrogens is 3. The van der Waals surface area contributed by atoms with Crippen molar-refractivity contribution in [1.29, 1.82) is 0 Å². The molecule has 0 amide bonds. The maximum absolute atomic E-state index is 5.76. The number of hydrogen-bond donors (Lipinski definition) is 1. The van der Waals surface area contributed by atoms with Gasteiger partial charge < -0.3 is 5.73 Å². The molecule has 0 radical (unpaired) electrons. The summed E-state index contributed by atoms with van der Waals surface area (Å²) in [6, 6.07) is 4.05. The molecule has 0 saturated carbocycles. The molecule has 82 valence electrons. The Morgan fingerprint density at radius 3 is 2.88 bits per heavy atom. The highest BCUT2D eigenvalue weighted by atomic mass is 15.3. The number of hydrogen-bond acceptors (Lipinski definition) is 3. The molecular formula is C12H14N4. The van der Waals surface area contributed by atoms with Gasteiger partial charge in [-0.1, -0.05) is 0 Å². The van der Waals surface area contributed by atoms with Crippen LogP contribution in [0, 0.1) is 0 Å². The van der Waals surface area contributed by atoms with Gasteiger partial charge in [-0.3, -0.25) is 9.67 Å². The van der Waals surface area contributed by atoms with Gasteiger partial charge in [0.15, 0.2) is 0 Å². The minimum atomic E-state index is 0.498. The van der Waals surface area contributed by atoms with E-state index in [0.29, 0.717) is 6.54 Å². The molecule has 0 spiro atoms. The summed E-state index contributed by atoms with van der Waals surface area (Å²) in [5, 5.41) is 4.56. The standard InChI is InChI=1S/C12H14N4/c13-8-10-12(9-3-5-14-6-4-9)11-2-1-7-16(11)15-10/h3-6H,1-2,7-8,13H2. The summed E-state index contributed by atoms with van der Waals surface area (Å²) in [6.45, 7) is 1.52. The third-order valence-corrected chi connectivity index (χ3v) is 3.08. The Balaban J connectivity index is 2.19. The van der Waals surface area contributed by atoms with E-state index in [-0.39, 0.29) is 0 Å². The lowest BCUT2D eigenvalue weighted by Crippen LogP contribution is -2.01. The van der Waals surface area contributed by atoms with Crippen LogP contribution in [-0.4, -0.2) is 14.8 Å². The Morgan fingerprint density at radius 2 is 2.12 bits per heavy atom. The molecule has 0 aromatic carbocycles. The molecule has 3 heterocycles. The average Bonchev–Trinajstić information content (AvgIpc) is 2.89. The van der Waals surface area contributed by atoms with Gasteiger partial charge in [0.2, 0.25) is 0 Å². The van der Waals surface area contributed by atoms with Crippen LogP contribution in [0.15, 0.2) is 24.5 Å². The zero-order valence-corrected chi connectivity index (χ0v) is 9.06. The van der Waals surface area contributed by atoms with Crippen LogP contribution in [0.2, 0.25) is 0 Å². The molecule has 0 saturated heterocycles. The molecule has 4 heteroatoms. The molecular weight excluding hydrogens is 200 g/mol. The van der Waals surface area contributed by atoms with Crippen molar-refractivity contribution in [2.75, 3.05) is 0 Å². The monoisotopic (exact) mass is 214 g/mol. The van der Waals surface area contributed by atoms with Crippen molar-refractivity contribution in [3.8, 4) is 11.1 Å². The quantitative estimate of drug-likeness (QED) is 0.821. The highest BCUT2D eigenvalue weighted by molar-refractivity contribution is 5.68. The average molecular weight is 214 g/mol. The molecule has 0 fully saturated rings. The summed E-state index contributed by atoms with van der Waals surface area (Å²) in [7, 11) is 0. The number of fused-ring (bicyclic) bond motifs is 1. The number of aryl methyl sites for hydroxylation is 1. The number of pyridine rings is 1. The van der Waals surface area contributed by atoms with Gasteiger partial charge in [0.05, 0.1) is 5.69 Å². The first-order valence-corrected chi connectivity index (χ1v) is 5.59. The second kappa shape index (κ2) is 3.72. The predicted molar refractivity (Wildman–Crippen MR) is 61.7 cm³/mol.